The van der Waals surface area contributed by atoms with Crippen LogP contribution in [0.5, 0.6) is 0 Å². The molecule has 0 bridgehead atoms. The molecule has 0 saturated heterocycles. The van der Waals surface area contributed by atoms with E-state index in [0.717, 1.165) is 45.4 Å². The minimum atomic E-state index is -0.0859. The van der Waals surface area contributed by atoms with Crippen LogP contribution in [0.2, 0.25) is 0 Å². The Hall–Kier alpha value is -3.06. The van der Waals surface area contributed by atoms with Crippen molar-refractivity contribution in [1.82, 2.24) is 15.1 Å². The van der Waals surface area contributed by atoms with Gasteiger partial charge in [-0.05, 0) is 56.2 Å². The maximum atomic E-state index is 12.7. The lowest BCUT2D eigenvalue weighted by Crippen LogP contribution is -2.36. The van der Waals surface area contributed by atoms with Crippen LogP contribution in [0.4, 0.5) is 5.69 Å². The van der Waals surface area contributed by atoms with Gasteiger partial charge in [-0.25, -0.2) is 4.68 Å². The molecular weight excluding hydrogens is 420 g/mol. The first kappa shape index (κ1) is 22.1. The van der Waals surface area contributed by atoms with Gasteiger partial charge in [-0.2, -0.15) is 5.10 Å². The summed E-state index contributed by atoms with van der Waals surface area (Å²) in [6.45, 7) is 5.26. The summed E-state index contributed by atoms with van der Waals surface area (Å²) >= 11 is 1.77. The zero-order valence-corrected chi connectivity index (χ0v) is 19.3. The van der Waals surface area contributed by atoms with Crippen molar-refractivity contribution < 1.29 is 9.59 Å². The highest BCUT2D eigenvalue weighted by atomic mass is 32.2. The molecule has 0 atom stereocenters. The molecule has 1 aliphatic heterocycles. The molecule has 166 valence electrons. The number of thioether (sulfide) groups is 1. The van der Waals surface area contributed by atoms with E-state index in [1.165, 1.54) is 0 Å². The van der Waals surface area contributed by atoms with Gasteiger partial charge >= 0.3 is 0 Å². The summed E-state index contributed by atoms with van der Waals surface area (Å²) < 4.78 is 1.93. The molecule has 6 nitrogen and oxygen atoms in total. The van der Waals surface area contributed by atoms with Crippen molar-refractivity contribution >= 4 is 29.3 Å². The van der Waals surface area contributed by atoms with Crippen LogP contribution in [-0.2, 0) is 16.0 Å². The van der Waals surface area contributed by atoms with Crippen molar-refractivity contribution in [3.8, 4) is 5.69 Å². The molecule has 3 aromatic rings. The molecule has 32 heavy (non-hydrogen) atoms. The summed E-state index contributed by atoms with van der Waals surface area (Å²) in [5.74, 6) is 0.803. The first-order valence-electron chi connectivity index (χ1n) is 10.9. The Labute approximate surface area is 193 Å². The van der Waals surface area contributed by atoms with E-state index in [9.17, 15) is 9.59 Å². The fourth-order valence-electron chi connectivity index (χ4n) is 3.91. The van der Waals surface area contributed by atoms with Crippen molar-refractivity contribution in [2.24, 2.45) is 0 Å². The highest BCUT2D eigenvalue weighted by molar-refractivity contribution is 7.99. The van der Waals surface area contributed by atoms with Crippen LogP contribution in [0, 0.1) is 13.8 Å². The summed E-state index contributed by atoms with van der Waals surface area (Å²) in [5.41, 5.74) is 5.23. The van der Waals surface area contributed by atoms with Crippen LogP contribution in [0.25, 0.3) is 5.69 Å². The lowest BCUT2D eigenvalue weighted by atomic mass is 10.1. The number of anilines is 1. The van der Waals surface area contributed by atoms with Crippen molar-refractivity contribution in [3.63, 3.8) is 0 Å². The fourth-order valence-corrected chi connectivity index (χ4v) is 4.91. The number of nitrogens with zero attached hydrogens (tertiary/aromatic N) is 3. The number of aromatic nitrogens is 2. The van der Waals surface area contributed by atoms with Gasteiger partial charge in [0.15, 0.2) is 0 Å². The van der Waals surface area contributed by atoms with Crippen molar-refractivity contribution in [2.45, 2.75) is 38.0 Å². The Balaban J connectivity index is 1.22. The number of benzene rings is 2. The zero-order chi connectivity index (χ0) is 22.5. The highest BCUT2D eigenvalue weighted by Crippen LogP contribution is 2.34. The second-order valence-corrected chi connectivity index (χ2v) is 9.10. The van der Waals surface area contributed by atoms with E-state index in [2.05, 4.69) is 28.6 Å². The molecule has 0 unspecified atom stereocenters. The van der Waals surface area contributed by atoms with Crippen LogP contribution < -0.4 is 10.2 Å². The first-order valence-corrected chi connectivity index (χ1v) is 11.9. The number of para-hydroxylation sites is 1. The zero-order valence-electron chi connectivity index (χ0n) is 18.5. The van der Waals surface area contributed by atoms with Crippen LogP contribution in [0.1, 0.15) is 29.8 Å². The van der Waals surface area contributed by atoms with Gasteiger partial charge in [-0.1, -0.05) is 24.3 Å². The van der Waals surface area contributed by atoms with Crippen molar-refractivity contribution in [1.29, 1.82) is 0 Å². The van der Waals surface area contributed by atoms with Gasteiger partial charge in [0.1, 0.15) is 0 Å². The molecule has 0 fully saturated rings. The smallest absolute Gasteiger partial charge is 0.227 e. The molecule has 2 aromatic carbocycles. The average molecular weight is 449 g/mol. The Bertz CT molecular complexity index is 1110. The predicted molar refractivity (Wildman–Crippen MR) is 129 cm³/mol. The fraction of sp³-hybridized carbons (Fsp3) is 0.320. The Morgan fingerprint density at radius 1 is 1.06 bits per heavy atom. The highest BCUT2D eigenvalue weighted by Gasteiger charge is 2.22. The van der Waals surface area contributed by atoms with E-state index in [4.69, 9.17) is 0 Å². The van der Waals surface area contributed by atoms with Gasteiger partial charge in [0, 0.05) is 42.3 Å². The minimum Gasteiger partial charge on any atom is -0.356 e. The summed E-state index contributed by atoms with van der Waals surface area (Å²) in [6.07, 6.45) is 1.18. The minimum absolute atomic E-state index is 0.00707. The first-order chi connectivity index (χ1) is 15.5. The summed E-state index contributed by atoms with van der Waals surface area (Å²) in [6, 6.07) is 18.2. The van der Waals surface area contributed by atoms with Gasteiger partial charge in [0.25, 0.3) is 0 Å². The number of nitrogens with one attached hydrogen (secondary N) is 1. The van der Waals surface area contributed by atoms with E-state index >= 15 is 0 Å². The number of aryl methyl sites for hydroxylation is 2. The van der Waals surface area contributed by atoms with E-state index in [-0.39, 0.29) is 24.7 Å². The third-order valence-corrected chi connectivity index (χ3v) is 6.56. The molecule has 1 aromatic heterocycles. The lowest BCUT2D eigenvalue weighted by Gasteiger charge is -2.29. The predicted octanol–water partition coefficient (Wildman–Crippen LogP) is 4.07. The number of carbonyl (C=O) groups is 2. The second-order valence-electron chi connectivity index (χ2n) is 7.97. The van der Waals surface area contributed by atoms with E-state index in [1.807, 2.05) is 59.8 Å². The molecule has 0 spiro atoms. The SMILES string of the molecule is Cc1cc(C)n(-c2ccc(CCNC(=O)CCC(=O)N3CCSc4ccccc43)cc2)n1. The summed E-state index contributed by atoms with van der Waals surface area (Å²) in [4.78, 5) is 27.8. The molecular formula is C25H28N4O2S. The molecule has 4 rings (SSSR count). The molecule has 1 aliphatic rings. The number of amides is 2. The Morgan fingerprint density at radius 3 is 2.59 bits per heavy atom. The average Bonchev–Trinajstić information content (AvgIpc) is 3.15. The second kappa shape index (κ2) is 10.0. The van der Waals surface area contributed by atoms with Gasteiger partial charge in [0.2, 0.25) is 11.8 Å². The topological polar surface area (TPSA) is 67.2 Å². The van der Waals surface area contributed by atoms with E-state index in [0.29, 0.717) is 13.1 Å². The number of carbonyl (C=O) groups excluding carboxylic acids is 2. The standard InChI is InChI=1S/C25H28N4O2S/c1-18-17-19(2)29(27-18)21-9-7-20(8-10-21)13-14-26-24(30)11-12-25(31)28-15-16-32-23-6-4-3-5-22(23)28/h3-10,17H,11-16H2,1-2H3,(H,26,30). The van der Waals surface area contributed by atoms with Gasteiger partial charge in [-0.3, -0.25) is 9.59 Å². The molecule has 0 aliphatic carbocycles. The normalized spacial score (nSPS) is 13.0. The van der Waals surface area contributed by atoms with E-state index < -0.39 is 0 Å². The van der Waals surface area contributed by atoms with Crippen LogP contribution in [0.3, 0.4) is 0 Å². The van der Waals surface area contributed by atoms with Crippen LogP contribution in [0.15, 0.2) is 59.5 Å². The molecule has 0 saturated carbocycles. The van der Waals surface area contributed by atoms with Crippen LogP contribution >= 0.6 is 11.8 Å². The number of hydrogen-bond donors (Lipinski definition) is 1. The third-order valence-electron chi connectivity index (χ3n) is 5.52. The van der Waals surface area contributed by atoms with Crippen LogP contribution in [-0.4, -0.2) is 40.4 Å². The monoisotopic (exact) mass is 448 g/mol. The van der Waals surface area contributed by atoms with Gasteiger partial charge in [0.05, 0.1) is 17.1 Å². The van der Waals surface area contributed by atoms with Crippen molar-refractivity contribution in [3.05, 3.63) is 71.5 Å². The van der Waals surface area contributed by atoms with E-state index in [1.54, 1.807) is 11.8 Å². The Kier molecular flexibility index (Phi) is 6.95. The molecule has 7 heteroatoms. The molecule has 2 heterocycles. The molecule has 0 radical (unpaired) electrons. The number of rotatable bonds is 7. The quantitative estimate of drug-likeness (QED) is 0.592. The maximum Gasteiger partial charge on any atom is 0.227 e. The summed E-state index contributed by atoms with van der Waals surface area (Å²) in [5, 5.41) is 7.44. The van der Waals surface area contributed by atoms with Gasteiger partial charge < -0.3 is 10.2 Å². The molecule has 2 amide bonds. The number of hydrogen-bond acceptors (Lipinski definition) is 4. The van der Waals surface area contributed by atoms with Gasteiger partial charge in [-0.15, -0.1) is 11.8 Å². The van der Waals surface area contributed by atoms with Crippen molar-refractivity contribution in [2.75, 3.05) is 23.7 Å². The maximum absolute atomic E-state index is 12.7. The lowest BCUT2D eigenvalue weighted by molar-refractivity contribution is -0.125. The largest absolute Gasteiger partial charge is 0.356 e. The number of fused-ring (bicyclic) bond motifs is 1. The Morgan fingerprint density at radius 2 is 1.84 bits per heavy atom. The molecule has 1 N–H and O–H groups in total. The summed E-state index contributed by atoms with van der Waals surface area (Å²) in [7, 11) is 0. The third kappa shape index (κ3) is 5.22.